The number of halogens is 1. The van der Waals surface area contributed by atoms with E-state index in [1.54, 1.807) is 0 Å². The van der Waals surface area contributed by atoms with Gasteiger partial charge < -0.3 is 29.7 Å². The summed E-state index contributed by atoms with van der Waals surface area (Å²) in [6, 6.07) is 25.1. The van der Waals surface area contributed by atoms with Crippen LogP contribution in [0.2, 0.25) is 0 Å². The number of carbonyl (C=O) groups is 2. The number of alkyl carbamates (subject to hydrolysis) is 1. The zero-order valence-corrected chi connectivity index (χ0v) is 22.1. The first-order chi connectivity index (χ1) is 19.9. The second-order valence-corrected chi connectivity index (χ2v) is 9.53. The van der Waals surface area contributed by atoms with E-state index in [4.69, 9.17) is 14.2 Å². The fraction of sp³-hybridized carbons (Fsp3) is 0.188. The first kappa shape index (κ1) is 27.8. The molecule has 0 bridgehead atoms. The number of aliphatic hydroxyl groups is 2. The van der Waals surface area contributed by atoms with E-state index in [9.17, 15) is 24.2 Å². The van der Waals surface area contributed by atoms with Crippen molar-refractivity contribution in [2.45, 2.75) is 18.1 Å². The molecule has 0 saturated carbocycles. The Hall–Kier alpha value is -4.73. The second-order valence-electron chi connectivity index (χ2n) is 9.53. The Kier molecular flexibility index (Phi) is 8.28. The fourth-order valence-electron chi connectivity index (χ4n) is 4.87. The molecule has 0 aliphatic heterocycles. The van der Waals surface area contributed by atoms with Crippen LogP contribution in [0.3, 0.4) is 0 Å². The van der Waals surface area contributed by atoms with Gasteiger partial charge in [0.25, 0.3) is 0 Å². The van der Waals surface area contributed by atoms with Crippen molar-refractivity contribution < 1.29 is 38.4 Å². The van der Waals surface area contributed by atoms with Crippen molar-refractivity contribution in [3.8, 4) is 22.6 Å². The summed E-state index contributed by atoms with van der Waals surface area (Å²) in [7, 11) is 1.36. The van der Waals surface area contributed by atoms with Crippen LogP contribution in [-0.4, -0.2) is 48.6 Å². The lowest BCUT2D eigenvalue weighted by atomic mass is 9.98. The summed E-state index contributed by atoms with van der Waals surface area (Å²) >= 11 is 0. The molecule has 41 heavy (non-hydrogen) atoms. The summed E-state index contributed by atoms with van der Waals surface area (Å²) in [5, 5.41) is 23.7. The van der Waals surface area contributed by atoms with Gasteiger partial charge in [-0.05, 0) is 64.2 Å². The van der Waals surface area contributed by atoms with Gasteiger partial charge in [0.05, 0.1) is 12.7 Å². The molecule has 0 heterocycles. The monoisotopic (exact) mass is 557 g/mol. The maximum absolute atomic E-state index is 13.1. The van der Waals surface area contributed by atoms with Crippen LogP contribution in [0.25, 0.3) is 11.1 Å². The van der Waals surface area contributed by atoms with Gasteiger partial charge in [-0.1, -0.05) is 54.6 Å². The van der Waals surface area contributed by atoms with Gasteiger partial charge in [-0.2, -0.15) is 0 Å². The molecule has 1 aliphatic carbocycles. The minimum absolute atomic E-state index is 0.0732. The fourth-order valence-corrected chi connectivity index (χ4v) is 4.87. The number of carbonyl (C=O) groups excluding carboxylic acids is 2. The molecule has 0 spiro atoms. The molecule has 0 fully saturated rings. The number of hydrogen-bond donors (Lipinski definition) is 3. The average Bonchev–Trinajstić information content (AvgIpc) is 3.32. The van der Waals surface area contributed by atoms with E-state index in [1.807, 2.05) is 48.5 Å². The quantitative estimate of drug-likeness (QED) is 0.196. The molecule has 210 valence electrons. The molecule has 2 unspecified atom stereocenters. The van der Waals surface area contributed by atoms with Gasteiger partial charge in [-0.3, -0.25) is 0 Å². The molecular weight excluding hydrogens is 529 g/mol. The number of fused-ring (bicyclic) bond motifs is 3. The van der Waals surface area contributed by atoms with Crippen LogP contribution >= 0.6 is 0 Å². The molecule has 2 atom stereocenters. The van der Waals surface area contributed by atoms with E-state index in [1.165, 1.54) is 37.4 Å². The Morgan fingerprint density at radius 1 is 0.878 bits per heavy atom. The molecule has 9 heteroatoms. The number of hydrogen-bond acceptors (Lipinski definition) is 7. The smallest absolute Gasteiger partial charge is 0.407 e. The molecule has 1 amide bonds. The minimum Gasteiger partial charge on any atom is -0.493 e. The lowest BCUT2D eigenvalue weighted by Crippen LogP contribution is -2.36. The Balaban J connectivity index is 1.16. The number of aliphatic hydroxyl groups excluding tert-OH is 2. The summed E-state index contributed by atoms with van der Waals surface area (Å²) in [6.45, 7) is -0.157. The van der Waals surface area contributed by atoms with Crippen molar-refractivity contribution in [3.05, 3.63) is 119 Å². The molecule has 3 N–H and O–H groups in total. The molecule has 5 rings (SSSR count). The van der Waals surface area contributed by atoms with Crippen LogP contribution in [0.15, 0.2) is 91.0 Å². The normalized spacial score (nSPS) is 13.5. The molecular formula is C32H28FNO7. The standard InChI is InChI=1S/C32H28FNO7/c1-39-29-16-20(12-15-28(29)41-31(37)19-10-13-21(33)14-11-19)30(36)27(35)17-34-32(38)40-18-26-24-8-4-2-6-22(24)23-7-3-5-9-25(23)26/h2-16,26-27,30,35-36H,17-18H2,1H3,(H,34,38). The lowest BCUT2D eigenvalue weighted by molar-refractivity contribution is 0.0184. The van der Waals surface area contributed by atoms with Crippen LogP contribution in [0.4, 0.5) is 9.18 Å². The third-order valence-electron chi connectivity index (χ3n) is 6.98. The zero-order chi connectivity index (χ0) is 28.9. The topological polar surface area (TPSA) is 114 Å². The summed E-state index contributed by atoms with van der Waals surface area (Å²) in [5.74, 6) is -1.10. The molecule has 0 radical (unpaired) electrons. The first-order valence-electron chi connectivity index (χ1n) is 13.0. The molecule has 0 aromatic heterocycles. The molecule has 4 aromatic rings. The van der Waals surface area contributed by atoms with Gasteiger partial charge in [0.2, 0.25) is 0 Å². The van der Waals surface area contributed by atoms with E-state index in [0.717, 1.165) is 34.4 Å². The molecule has 0 saturated heterocycles. The van der Waals surface area contributed by atoms with Crippen LogP contribution in [0.5, 0.6) is 11.5 Å². The number of benzene rings is 4. The Bertz CT molecular complexity index is 1510. The van der Waals surface area contributed by atoms with Crippen molar-refractivity contribution in [2.75, 3.05) is 20.3 Å². The second kappa shape index (κ2) is 12.2. The number of amides is 1. The molecule has 4 aromatic carbocycles. The summed E-state index contributed by atoms with van der Waals surface area (Å²) in [6.07, 6.45) is -3.48. The van der Waals surface area contributed by atoms with E-state index >= 15 is 0 Å². The molecule has 1 aliphatic rings. The SMILES string of the molecule is COc1cc(C(O)C(O)CNC(=O)OCC2c3ccccc3-c3ccccc32)ccc1OC(=O)c1ccc(F)cc1. The predicted molar refractivity (Wildman–Crippen MR) is 148 cm³/mol. The van der Waals surface area contributed by atoms with Crippen LogP contribution < -0.4 is 14.8 Å². The highest BCUT2D eigenvalue weighted by Crippen LogP contribution is 2.44. The highest BCUT2D eigenvalue weighted by molar-refractivity contribution is 5.91. The van der Waals surface area contributed by atoms with Gasteiger partial charge in [-0.15, -0.1) is 0 Å². The van der Waals surface area contributed by atoms with Gasteiger partial charge in [0.15, 0.2) is 11.5 Å². The van der Waals surface area contributed by atoms with Crippen LogP contribution in [0, 0.1) is 5.82 Å². The van der Waals surface area contributed by atoms with Crippen LogP contribution in [-0.2, 0) is 4.74 Å². The summed E-state index contributed by atoms with van der Waals surface area (Å²) in [5.41, 5.74) is 4.80. The minimum atomic E-state index is -1.39. The third-order valence-corrected chi connectivity index (χ3v) is 6.98. The van der Waals surface area contributed by atoms with Gasteiger partial charge in [-0.25, -0.2) is 14.0 Å². The first-order valence-corrected chi connectivity index (χ1v) is 13.0. The Labute approximate surface area is 235 Å². The lowest BCUT2D eigenvalue weighted by Gasteiger charge is -2.20. The third kappa shape index (κ3) is 6.06. The number of esters is 1. The van der Waals surface area contributed by atoms with E-state index in [-0.39, 0.29) is 41.7 Å². The predicted octanol–water partition coefficient (Wildman–Crippen LogP) is 4.99. The summed E-state index contributed by atoms with van der Waals surface area (Å²) in [4.78, 5) is 24.8. The maximum Gasteiger partial charge on any atom is 0.407 e. The van der Waals surface area contributed by atoms with Crippen molar-refractivity contribution in [2.24, 2.45) is 0 Å². The van der Waals surface area contributed by atoms with E-state index in [2.05, 4.69) is 5.32 Å². The van der Waals surface area contributed by atoms with Gasteiger partial charge >= 0.3 is 12.1 Å². The zero-order valence-electron chi connectivity index (χ0n) is 22.1. The largest absolute Gasteiger partial charge is 0.493 e. The van der Waals surface area contributed by atoms with E-state index in [0.29, 0.717) is 0 Å². The Morgan fingerprint density at radius 2 is 1.51 bits per heavy atom. The Morgan fingerprint density at radius 3 is 2.15 bits per heavy atom. The molecule has 8 nitrogen and oxygen atoms in total. The number of nitrogens with one attached hydrogen (secondary N) is 1. The van der Waals surface area contributed by atoms with Crippen LogP contribution in [0.1, 0.15) is 39.1 Å². The number of ether oxygens (including phenoxy) is 3. The van der Waals surface area contributed by atoms with Gasteiger partial charge in [0, 0.05) is 12.5 Å². The van der Waals surface area contributed by atoms with Crippen molar-refractivity contribution in [3.63, 3.8) is 0 Å². The van der Waals surface area contributed by atoms with Crippen molar-refractivity contribution in [1.29, 1.82) is 0 Å². The van der Waals surface area contributed by atoms with Crippen molar-refractivity contribution in [1.82, 2.24) is 5.32 Å². The van der Waals surface area contributed by atoms with E-state index < -0.39 is 30.1 Å². The highest BCUT2D eigenvalue weighted by atomic mass is 19.1. The maximum atomic E-state index is 13.1. The summed E-state index contributed by atoms with van der Waals surface area (Å²) < 4.78 is 29.2. The highest BCUT2D eigenvalue weighted by Gasteiger charge is 2.29. The number of methoxy groups -OCH3 is 1. The number of rotatable bonds is 9. The average molecular weight is 558 g/mol. The van der Waals surface area contributed by atoms with Crippen molar-refractivity contribution >= 4 is 12.1 Å². The van der Waals surface area contributed by atoms with Gasteiger partial charge in [0.1, 0.15) is 24.6 Å².